The topological polar surface area (TPSA) is 70.2 Å². The Morgan fingerprint density at radius 2 is 2.16 bits per heavy atom. The molecule has 2 N–H and O–H groups in total. The Hall–Kier alpha value is -1.87. The van der Waals surface area contributed by atoms with Crippen LogP contribution in [0.25, 0.3) is 20.8 Å². The first-order valence-corrected chi connectivity index (χ1v) is 13.4. The average Bonchev–Trinajstić information content (AvgIpc) is 3.58. The number of amides is 1. The third-order valence-electron chi connectivity index (χ3n) is 7.42. The highest BCUT2D eigenvalue weighted by Gasteiger charge is 2.39. The third kappa shape index (κ3) is 3.87. The van der Waals surface area contributed by atoms with Gasteiger partial charge in [-0.3, -0.25) is 9.78 Å². The third-order valence-corrected chi connectivity index (χ3v) is 9.62. The van der Waals surface area contributed by atoms with Gasteiger partial charge in [-0.05, 0) is 55.8 Å². The molecule has 0 aromatic carbocycles. The Balaban J connectivity index is 1.20. The van der Waals surface area contributed by atoms with E-state index in [1.807, 2.05) is 18.5 Å². The Kier molecular flexibility index (Phi) is 5.49. The Morgan fingerprint density at radius 3 is 3.03 bits per heavy atom. The molecule has 0 unspecified atom stereocenters. The number of pyridine rings is 1. The van der Waals surface area contributed by atoms with Crippen LogP contribution in [0.4, 0.5) is 5.00 Å². The molecule has 6 rings (SSSR count). The van der Waals surface area contributed by atoms with E-state index >= 15 is 0 Å². The number of aromatic nitrogens is 2. The lowest BCUT2D eigenvalue weighted by Crippen LogP contribution is -2.28. The maximum atomic E-state index is 13.0. The highest BCUT2D eigenvalue weighted by molar-refractivity contribution is 7.22. The van der Waals surface area contributed by atoms with Crippen molar-refractivity contribution in [2.75, 3.05) is 31.5 Å². The molecule has 1 saturated heterocycles. The SMILES string of the molecule is O=C(CCN1CCC2(CCCC2)C1)Nc1sc2c(c1-c1nc3cnccc3s1)CCNC2. The van der Waals surface area contributed by atoms with Crippen LogP contribution in [0.3, 0.4) is 0 Å². The molecule has 2 aliphatic heterocycles. The fourth-order valence-electron chi connectivity index (χ4n) is 5.74. The van der Waals surface area contributed by atoms with Crippen molar-refractivity contribution in [2.45, 2.75) is 51.5 Å². The maximum absolute atomic E-state index is 13.0. The average molecular weight is 468 g/mol. The van der Waals surface area contributed by atoms with Crippen LogP contribution in [0, 0.1) is 5.41 Å². The molecule has 3 aromatic rings. The smallest absolute Gasteiger partial charge is 0.226 e. The summed E-state index contributed by atoms with van der Waals surface area (Å²) in [5, 5.41) is 8.69. The molecule has 1 spiro atoms. The van der Waals surface area contributed by atoms with Gasteiger partial charge in [0.2, 0.25) is 5.91 Å². The van der Waals surface area contributed by atoms with E-state index in [1.54, 1.807) is 22.7 Å². The summed E-state index contributed by atoms with van der Waals surface area (Å²) in [7, 11) is 0. The number of hydrogen-bond acceptors (Lipinski definition) is 7. The van der Waals surface area contributed by atoms with E-state index in [2.05, 4.69) is 20.5 Å². The second-order valence-electron chi connectivity index (χ2n) is 9.53. The van der Waals surface area contributed by atoms with Gasteiger partial charge in [-0.2, -0.15) is 0 Å². The van der Waals surface area contributed by atoms with E-state index in [-0.39, 0.29) is 5.91 Å². The zero-order valence-corrected chi connectivity index (χ0v) is 19.9. The van der Waals surface area contributed by atoms with Gasteiger partial charge in [-0.15, -0.1) is 22.7 Å². The molecule has 0 atom stereocenters. The molecule has 1 saturated carbocycles. The summed E-state index contributed by atoms with van der Waals surface area (Å²) in [6.07, 6.45) is 12.0. The molecule has 6 nitrogen and oxygen atoms in total. The molecule has 1 amide bonds. The number of carbonyl (C=O) groups excluding carboxylic acids is 1. The van der Waals surface area contributed by atoms with Crippen molar-refractivity contribution in [1.29, 1.82) is 0 Å². The number of fused-ring (bicyclic) bond motifs is 2. The normalized spacial score (nSPS) is 20.2. The summed E-state index contributed by atoms with van der Waals surface area (Å²) in [6.45, 7) is 5.03. The highest BCUT2D eigenvalue weighted by Crippen LogP contribution is 2.46. The zero-order valence-electron chi connectivity index (χ0n) is 18.3. The van der Waals surface area contributed by atoms with Crippen LogP contribution < -0.4 is 10.6 Å². The Labute approximate surface area is 196 Å². The second kappa shape index (κ2) is 8.48. The van der Waals surface area contributed by atoms with Crippen molar-refractivity contribution < 1.29 is 4.79 Å². The van der Waals surface area contributed by atoms with Gasteiger partial charge in [0.15, 0.2) is 0 Å². The van der Waals surface area contributed by atoms with Gasteiger partial charge in [0.05, 0.1) is 10.9 Å². The number of thiazole rings is 1. The quantitative estimate of drug-likeness (QED) is 0.571. The summed E-state index contributed by atoms with van der Waals surface area (Å²) in [6, 6.07) is 2.02. The summed E-state index contributed by atoms with van der Waals surface area (Å²) in [4.78, 5) is 25.9. The molecule has 1 aliphatic carbocycles. The molecule has 0 bridgehead atoms. The van der Waals surface area contributed by atoms with Crippen LogP contribution >= 0.6 is 22.7 Å². The van der Waals surface area contributed by atoms with Gasteiger partial charge in [0, 0.05) is 42.7 Å². The summed E-state index contributed by atoms with van der Waals surface area (Å²) in [5.41, 5.74) is 3.96. The molecule has 2 fully saturated rings. The van der Waals surface area contributed by atoms with Gasteiger partial charge in [0.1, 0.15) is 15.5 Å². The summed E-state index contributed by atoms with van der Waals surface area (Å²) < 4.78 is 1.14. The number of likely N-dealkylation sites (tertiary alicyclic amines) is 1. The first-order valence-electron chi connectivity index (χ1n) is 11.8. The fourth-order valence-corrected chi connectivity index (χ4v) is 8.05. The van der Waals surface area contributed by atoms with Crippen LogP contribution in [-0.2, 0) is 17.8 Å². The first-order chi connectivity index (χ1) is 15.7. The monoisotopic (exact) mass is 467 g/mol. The number of carbonyl (C=O) groups is 1. The van der Waals surface area contributed by atoms with Crippen molar-refractivity contribution >= 4 is 43.8 Å². The number of anilines is 1. The Morgan fingerprint density at radius 1 is 1.25 bits per heavy atom. The second-order valence-corrected chi connectivity index (χ2v) is 11.7. The van der Waals surface area contributed by atoms with Crippen LogP contribution in [0.15, 0.2) is 18.5 Å². The van der Waals surface area contributed by atoms with Crippen LogP contribution in [0.5, 0.6) is 0 Å². The van der Waals surface area contributed by atoms with E-state index in [1.165, 1.54) is 49.1 Å². The molecule has 168 valence electrons. The Bertz CT molecular complexity index is 1110. The predicted molar refractivity (Wildman–Crippen MR) is 131 cm³/mol. The molecule has 0 radical (unpaired) electrons. The van der Waals surface area contributed by atoms with Crippen molar-refractivity contribution in [2.24, 2.45) is 5.41 Å². The number of thiophene rings is 1. The van der Waals surface area contributed by atoms with E-state index in [9.17, 15) is 4.79 Å². The lowest BCUT2D eigenvalue weighted by molar-refractivity contribution is -0.116. The standard InChI is InChI=1S/C24H29N5OS2/c30-20(5-11-29-12-8-24(15-29)6-1-2-7-24)28-23-21(16-3-9-26-14-19(16)32-23)22-27-17-13-25-10-4-18(17)31-22/h4,10,13,26H,1-3,5-9,11-12,14-15H2,(H,28,30). The molecular formula is C24H29N5OS2. The lowest BCUT2D eigenvalue weighted by atomic mass is 9.86. The van der Waals surface area contributed by atoms with E-state index in [0.717, 1.165) is 58.4 Å². The minimum atomic E-state index is 0.118. The minimum absolute atomic E-state index is 0.118. The minimum Gasteiger partial charge on any atom is -0.317 e. The zero-order chi connectivity index (χ0) is 21.5. The van der Waals surface area contributed by atoms with Crippen molar-refractivity contribution in [3.8, 4) is 10.6 Å². The predicted octanol–water partition coefficient (Wildman–Crippen LogP) is 4.66. The largest absolute Gasteiger partial charge is 0.317 e. The van der Waals surface area contributed by atoms with E-state index < -0.39 is 0 Å². The van der Waals surface area contributed by atoms with Gasteiger partial charge in [-0.25, -0.2) is 4.98 Å². The van der Waals surface area contributed by atoms with Gasteiger partial charge in [-0.1, -0.05) is 12.8 Å². The van der Waals surface area contributed by atoms with Crippen molar-refractivity contribution in [1.82, 2.24) is 20.2 Å². The lowest BCUT2D eigenvalue weighted by Gasteiger charge is -2.23. The molecule has 32 heavy (non-hydrogen) atoms. The van der Waals surface area contributed by atoms with Crippen LogP contribution in [-0.4, -0.2) is 47.0 Å². The van der Waals surface area contributed by atoms with Crippen LogP contribution in [0.2, 0.25) is 0 Å². The molecule has 3 aromatic heterocycles. The molecule has 3 aliphatic rings. The van der Waals surface area contributed by atoms with Gasteiger partial charge in [0.25, 0.3) is 0 Å². The number of rotatable bonds is 5. The summed E-state index contributed by atoms with van der Waals surface area (Å²) in [5.74, 6) is 0.118. The van der Waals surface area contributed by atoms with E-state index in [0.29, 0.717) is 11.8 Å². The first kappa shape index (κ1) is 20.7. The number of hydrogen-bond donors (Lipinski definition) is 2. The van der Waals surface area contributed by atoms with Crippen molar-refractivity contribution in [3.63, 3.8) is 0 Å². The fraction of sp³-hybridized carbons (Fsp3) is 0.542. The molecule has 8 heteroatoms. The maximum Gasteiger partial charge on any atom is 0.226 e. The van der Waals surface area contributed by atoms with Gasteiger partial charge >= 0.3 is 0 Å². The van der Waals surface area contributed by atoms with Crippen molar-refractivity contribution in [3.05, 3.63) is 28.9 Å². The van der Waals surface area contributed by atoms with E-state index in [4.69, 9.17) is 4.98 Å². The van der Waals surface area contributed by atoms with Crippen LogP contribution in [0.1, 0.15) is 49.0 Å². The molecular weight excluding hydrogens is 438 g/mol. The van der Waals surface area contributed by atoms with Gasteiger partial charge < -0.3 is 15.5 Å². The molecule has 5 heterocycles. The number of nitrogens with one attached hydrogen (secondary N) is 2. The highest BCUT2D eigenvalue weighted by atomic mass is 32.1. The number of nitrogens with zero attached hydrogens (tertiary/aromatic N) is 3. The summed E-state index contributed by atoms with van der Waals surface area (Å²) >= 11 is 3.40.